The summed E-state index contributed by atoms with van der Waals surface area (Å²) >= 11 is 11.9. The van der Waals surface area contributed by atoms with Gasteiger partial charge in [0.1, 0.15) is 0 Å². The van der Waals surface area contributed by atoms with Crippen molar-refractivity contribution in [3.05, 3.63) is 27.7 Å². The van der Waals surface area contributed by atoms with Crippen LogP contribution in [0.1, 0.15) is 5.56 Å². The summed E-state index contributed by atoms with van der Waals surface area (Å²) in [6.45, 7) is 1.78. The van der Waals surface area contributed by atoms with Crippen molar-refractivity contribution in [1.82, 2.24) is 0 Å². The van der Waals surface area contributed by atoms with Crippen LogP contribution in [-0.4, -0.2) is 19.0 Å². The number of hydrogen-bond acceptors (Lipinski definition) is 1. The van der Waals surface area contributed by atoms with Crippen LogP contribution in [0.5, 0.6) is 0 Å². The molecule has 2 amide bonds. The third kappa shape index (κ3) is 3.25. The monoisotopic (exact) mass is 274 g/mol. The highest BCUT2D eigenvalue weighted by atomic mass is 35.5. The Kier molecular flexibility index (Phi) is 4.20. The molecule has 0 saturated heterocycles. The smallest absolute Gasteiger partial charge is 0.351 e. The first-order valence-electron chi connectivity index (χ1n) is 4.66. The van der Waals surface area contributed by atoms with Gasteiger partial charge in [0, 0.05) is 12.1 Å². The van der Waals surface area contributed by atoms with Gasteiger partial charge >= 0.3 is 6.03 Å². The fourth-order valence-electron chi connectivity index (χ4n) is 1.40. The number of urea groups is 1. The van der Waals surface area contributed by atoms with Crippen LogP contribution in [0.25, 0.3) is 0 Å². The van der Waals surface area contributed by atoms with Gasteiger partial charge in [-0.2, -0.15) is 4.99 Å². The van der Waals surface area contributed by atoms with Crippen molar-refractivity contribution in [1.29, 1.82) is 0 Å². The molecule has 0 saturated carbocycles. The van der Waals surface area contributed by atoms with Gasteiger partial charge in [0.15, 0.2) is 5.96 Å². The Morgan fingerprint density at radius 3 is 2.41 bits per heavy atom. The lowest BCUT2D eigenvalue weighted by molar-refractivity contribution is 0.255. The fourth-order valence-corrected chi connectivity index (χ4v) is 2.12. The highest BCUT2D eigenvalue weighted by Crippen LogP contribution is 2.32. The zero-order valence-corrected chi connectivity index (χ0v) is 10.9. The molecule has 0 fully saturated rings. The number of aryl methyl sites for hydroxylation is 1. The number of halogens is 2. The topological polar surface area (TPSA) is 84.7 Å². The molecule has 0 aromatic heterocycles. The number of carbonyl (C=O) groups excluding carboxylic acids is 1. The molecule has 1 aromatic carbocycles. The van der Waals surface area contributed by atoms with Gasteiger partial charge < -0.3 is 11.5 Å². The van der Waals surface area contributed by atoms with Gasteiger partial charge in [-0.1, -0.05) is 23.2 Å². The molecule has 4 N–H and O–H groups in total. The van der Waals surface area contributed by atoms with Crippen molar-refractivity contribution in [2.45, 2.75) is 6.92 Å². The number of benzene rings is 1. The first-order valence-corrected chi connectivity index (χ1v) is 5.41. The van der Waals surface area contributed by atoms with Gasteiger partial charge in [-0.05, 0) is 24.6 Å². The molecule has 5 nitrogen and oxygen atoms in total. The average molecular weight is 275 g/mol. The molecular weight excluding hydrogens is 263 g/mol. The van der Waals surface area contributed by atoms with E-state index in [9.17, 15) is 4.79 Å². The summed E-state index contributed by atoms with van der Waals surface area (Å²) in [6, 6.07) is 2.64. The van der Waals surface area contributed by atoms with Gasteiger partial charge in [0.25, 0.3) is 0 Å². The summed E-state index contributed by atoms with van der Waals surface area (Å²) in [5, 5.41) is 0.857. The molecule has 0 radical (unpaired) electrons. The van der Waals surface area contributed by atoms with Crippen molar-refractivity contribution in [3.63, 3.8) is 0 Å². The number of rotatable bonds is 1. The largest absolute Gasteiger partial charge is 0.370 e. The number of aliphatic imine (C=N–C) groups is 1. The average Bonchev–Trinajstić information content (AvgIpc) is 2.14. The van der Waals surface area contributed by atoms with Crippen LogP contribution in [0, 0.1) is 6.92 Å². The molecule has 1 rings (SSSR count). The molecule has 0 aliphatic heterocycles. The van der Waals surface area contributed by atoms with E-state index in [1.165, 1.54) is 11.9 Å². The molecule has 0 heterocycles. The van der Waals surface area contributed by atoms with Crippen molar-refractivity contribution in [3.8, 4) is 0 Å². The first kappa shape index (κ1) is 13.6. The molecule has 0 spiro atoms. The fraction of sp³-hybridized carbons (Fsp3) is 0.200. The summed E-state index contributed by atoms with van der Waals surface area (Å²) in [6.07, 6.45) is 0. The Morgan fingerprint density at radius 2 is 1.94 bits per heavy atom. The minimum atomic E-state index is -0.600. The maximum absolute atomic E-state index is 11.6. The van der Waals surface area contributed by atoms with E-state index in [1.807, 2.05) is 0 Å². The maximum atomic E-state index is 11.6. The summed E-state index contributed by atoms with van der Waals surface area (Å²) in [5.74, 6) is -0.301. The summed E-state index contributed by atoms with van der Waals surface area (Å²) in [7, 11) is 1.52. The minimum Gasteiger partial charge on any atom is -0.370 e. The molecule has 17 heavy (non-hydrogen) atoms. The number of anilines is 1. The minimum absolute atomic E-state index is 0.301. The normalized spacial score (nSPS) is 9.88. The number of nitrogens with zero attached hydrogens (tertiary/aromatic N) is 2. The molecule has 0 atom stereocenters. The van der Waals surface area contributed by atoms with Crippen molar-refractivity contribution >= 4 is 40.9 Å². The van der Waals surface area contributed by atoms with Gasteiger partial charge in [-0.25, -0.2) is 4.79 Å². The maximum Gasteiger partial charge on any atom is 0.351 e. The van der Waals surface area contributed by atoms with Crippen molar-refractivity contribution in [2.24, 2.45) is 16.5 Å². The summed E-state index contributed by atoms with van der Waals surface area (Å²) < 4.78 is 0. The van der Waals surface area contributed by atoms with E-state index in [0.717, 1.165) is 5.56 Å². The Hall–Kier alpha value is -1.46. The van der Waals surface area contributed by atoms with E-state index in [0.29, 0.717) is 15.7 Å². The predicted octanol–water partition coefficient (Wildman–Crippen LogP) is 2.13. The van der Waals surface area contributed by atoms with Crippen LogP contribution in [0.3, 0.4) is 0 Å². The lowest BCUT2D eigenvalue weighted by atomic mass is 10.2. The Labute approximate surface area is 109 Å². The zero-order valence-electron chi connectivity index (χ0n) is 9.37. The summed E-state index contributed by atoms with van der Waals surface area (Å²) in [4.78, 5) is 16.3. The molecule has 0 unspecified atom stereocenters. The number of carbonyl (C=O) groups is 1. The predicted molar refractivity (Wildman–Crippen MR) is 70.8 cm³/mol. The molecule has 0 aliphatic rings. The number of nitrogens with two attached hydrogens (primary N) is 2. The van der Waals surface area contributed by atoms with Crippen molar-refractivity contribution in [2.75, 3.05) is 11.9 Å². The lowest BCUT2D eigenvalue weighted by Crippen LogP contribution is -2.30. The molecule has 0 bridgehead atoms. The van der Waals surface area contributed by atoms with Crippen LogP contribution < -0.4 is 16.4 Å². The standard InChI is InChI=1S/C10H12Cl2N4O/c1-5-3-6(11)4-7(12)8(5)16(2)10(17)15-9(13)14/h3-4H,1-2H3,(H4,13,14,15,17). The highest BCUT2D eigenvalue weighted by molar-refractivity contribution is 6.37. The van der Waals surface area contributed by atoms with E-state index in [4.69, 9.17) is 34.7 Å². The number of hydrogen-bond donors (Lipinski definition) is 2. The van der Waals surface area contributed by atoms with Crippen LogP contribution >= 0.6 is 23.2 Å². The van der Waals surface area contributed by atoms with Crippen molar-refractivity contribution < 1.29 is 4.79 Å². The van der Waals surface area contributed by atoms with Gasteiger partial charge in [-0.15, -0.1) is 0 Å². The molecule has 0 aliphatic carbocycles. The van der Waals surface area contributed by atoms with E-state index >= 15 is 0 Å². The molecule has 7 heteroatoms. The quantitative estimate of drug-likeness (QED) is 0.608. The number of amides is 2. The Morgan fingerprint density at radius 1 is 1.35 bits per heavy atom. The lowest BCUT2D eigenvalue weighted by Gasteiger charge is -2.18. The van der Waals surface area contributed by atoms with Crippen LogP contribution in [0.15, 0.2) is 17.1 Å². The van der Waals surface area contributed by atoms with Crippen LogP contribution in [0.2, 0.25) is 10.0 Å². The zero-order chi connectivity index (χ0) is 13.2. The first-order chi connectivity index (χ1) is 7.82. The third-order valence-corrected chi connectivity index (χ3v) is 2.57. The van der Waals surface area contributed by atoms with Gasteiger partial charge in [-0.3, -0.25) is 4.90 Å². The van der Waals surface area contributed by atoms with E-state index < -0.39 is 6.03 Å². The summed E-state index contributed by atoms with van der Waals surface area (Å²) in [5.41, 5.74) is 11.5. The molecule has 92 valence electrons. The Balaban J connectivity index is 3.17. The van der Waals surface area contributed by atoms with E-state index in [2.05, 4.69) is 4.99 Å². The second-order valence-corrected chi connectivity index (χ2v) is 4.28. The Bertz CT molecular complexity index is 460. The second kappa shape index (κ2) is 5.25. The molecule has 1 aromatic rings. The SMILES string of the molecule is Cc1cc(Cl)cc(Cl)c1N(C)C(=O)N=C(N)N. The van der Waals surface area contributed by atoms with Crippen LogP contribution in [0.4, 0.5) is 10.5 Å². The third-order valence-electron chi connectivity index (χ3n) is 2.07. The van der Waals surface area contributed by atoms with Crippen LogP contribution in [-0.2, 0) is 0 Å². The second-order valence-electron chi connectivity index (χ2n) is 3.43. The van der Waals surface area contributed by atoms with Gasteiger partial charge in [0.2, 0.25) is 0 Å². The highest BCUT2D eigenvalue weighted by Gasteiger charge is 2.16. The van der Waals surface area contributed by atoms with E-state index in [-0.39, 0.29) is 5.96 Å². The molecular formula is C10H12Cl2N4O. The number of guanidine groups is 1. The van der Waals surface area contributed by atoms with E-state index in [1.54, 1.807) is 19.1 Å². The van der Waals surface area contributed by atoms with Gasteiger partial charge in [0.05, 0.1) is 10.7 Å².